The highest BCUT2D eigenvalue weighted by Crippen LogP contribution is 2.27. The van der Waals surface area contributed by atoms with Crippen LogP contribution >= 0.6 is 0 Å². The van der Waals surface area contributed by atoms with Crippen LogP contribution in [0.4, 0.5) is 0 Å². The molecule has 1 aromatic rings. The summed E-state index contributed by atoms with van der Waals surface area (Å²) in [6.07, 6.45) is 2.70. The second-order valence-electron chi connectivity index (χ2n) is 3.03. The first kappa shape index (κ1) is 12.0. The van der Waals surface area contributed by atoms with Crippen LogP contribution in [0.3, 0.4) is 0 Å². The summed E-state index contributed by atoms with van der Waals surface area (Å²) in [7, 11) is 1.50. The third kappa shape index (κ3) is 3.54. The molecule has 0 unspecified atom stereocenters. The van der Waals surface area contributed by atoms with Gasteiger partial charge in [0.25, 0.3) is 0 Å². The quantitative estimate of drug-likeness (QED) is 0.521. The molecule has 0 fully saturated rings. The largest absolute Gasteiger partial charge is 0.523 e. The summed E-state index contributed by atoms with van der Waals surface area (Å²) >= 11 is 0. The van der Waals surface area contributed by atoms with Gasteiger partial charge in [-0.1, -0.05) is 12.1 Å². The first-order chi connectivity index (χ1) is 7.31. The average molecular weight is 240 g/mol. The van der Waals surface area contributed by atoms with Gasteiger partial charge in [0.1, 0.15) is 16.2 Å². The molecule has 3 nitrogen and oxygen atoms in total. The molecular weight excluding hydrogens is 224 g/mol. The highest BCUT2D eigenvalue weighted by atomic mass is 28.3. The normalized spacial score (nSPS) is 10.7. The van der Waals surface area contributed by atoms with Gasteiger partial charge < -0.3 is 13.3 Å². The Morgan fingerprint density at radius 3 is 2.87 bits per heavy atom. The summed E-state index contributed by atoms with van der Waals surface area (Å²) < 4.78 is 15.9. The molecule has 0 atom stereocenters. The Hall–Kier alpha value is -1.05. The van der Waals surface area contributed by atoms with Crippen molar-refractivity contribution in [2.24, 2.45) is 0 Å². The smallest absolute Gasteiger partial charge is 0.355 e. The number of allylic oxidation sites excluding steroid dienone is 1. The van der Waals surface area contributed by atoms with Gasteiger partial charge in [-0.25, -0.2) is 0 Å². The number of ether oxygens (including phenoxy) is 1. The zero-order valence-electron chi connectivity index (χ0n) is 9.16. The van der Waals surface area contributed by atoms with Gasteiger partial charge in [-0.2, -0.15) is 0 Å². The van der Waals surface area contributed by atoms with Crippen LogP contribution in [0, 0.1) is 0 Å². The Morgan fingerprint density at radius 1 is 1.47 bits per heavy atom. The Bertz CT molecular complexity index is 328. The van der Waals surface area contributed by atoms with Gasteiger partial charge >= 0.3 is 10.0 Å². The molecular formula is C10H16O3Si2. The van der Waals surface area contributed by atoms with E-state index in [2.05, 4.69) is 6.58 Å². The summed E-state index contributed by atoms with van der Waals surface area (Å²) in [6.45, 7) is 3.70. The predicted octanol–water partition coefficient (Wildman–Crippen LogP) is 0.0983. The second kappa shape index (κ2) is 6.44. The molecule has 1 rings (SSSR count). The van der Waals surface area contributed by atoms with E-state index in [-0.39, 0.29) is 0 Å². The SMILES string of the molecule is C=CCc1ccc(O[SiH2]O[SiH3])c(OC)c1. The number of methoxy groups -OCH3 is 1. The molecule has 0 amide bonds. The zero-order chi connectivity index (χ0) is 11.1. The van der Waals surface area contributed by atoms with Gasteiger partial charge in [-0.05, 0) is 24.1 Å². The summed E-state index contributed by atoms with van der Waals surface area (Å²) in [5.41, 5.74) is 1.17. The summed E-state index contributed by atoms with van der Waals surface area (Å²) in [4.78, 5) is 0. The van der Waals surface area contributed by atoms with Crippen molar-refractivity contribution in [2.75, 3.05) is 7.11 Å². The highest BCUT2D eigenvalue weighted by Gasteiger charge is 2.04. The number of rotatable bonds is 6. The van der Waals surface area contributed by atoms with Gasteiger partial charge in [-0.15, -0.1) is 6.58 Å². The highest BCUT2D eigenvalue weighted by molar-refractivity contribution is 6.28. The lowest BCUT2D eigenvalue weighted by Crippen LogP contribution is -2.06. The van der Waals surface area contributed by atoms with Crippen LogP contribution in [-0.4, -0.2) is 27.6 Å². The van der Waals surface area contributed by atoms with Crippen molar-refractivity contribution < 1.29 is 13.3 Å². The van der Waals surface area contributed by atoms with Gasteiger partial charge in [0.05, 0.1) is 7.11 Å². The van der Waals surface area contributed by atoms with Crippen LogP contribution in [-0.2, 0) is 10.5 Å². The monoisotopic (exact) mass is 240 g/mol. The van der Waals surface area contributed by atoms with E-state index in [1.165, 1.54) is 5.56 Å². The van der Waals surface area contributed by atoms with Gasteiger partial charge in [-0.3, -0.25) is 0 Å². The maximum atomic E-state index is 5.51. The Kier molecular flexibility index (Phi) is 5.16. The first-order valence-electron chi connectivity index (χ1n) is 4.71. The van der Waals surface area contributed by atoms with Crippen molar-refractivity contribution in [1.82, 2.24) is 0 Å². The van der Waals surface area contributed by atoms with E-state index in [4.69, 9.17) is 13.3 Å². The van der Waals surface area contributed by atoms with E-state index in [1.807, 2.05) is 24.3 Å². The molecule has 0 bridgehead atoms. The standard InChI is InChI=1S/C10H16O3Si2/c1-3-4-8-5-6-9(12-15-13-14)10(7-8)11-2/h3,5-7H,1,4,15H2,2,14H3. The minimum atomic E-state index is -0.870. The lowest BCUT2D eigenvalue weighted by atomic mass is 10.1. The molecule has 0 aliphatic rings. The van der Waals surface area contributed by atoms with Crippen molar-refractivity contribution in [3.8, 4) is 11.5 Å². The van der Waals surface area contributed by atoms with Crippen LogP contribution in [0.2, 0.25) is 0 Å². The Labute approximate surface area is 95.7 Å². The maximum Gasteiger partial charge on any atom is 0.355 e. The van der Waals surface area contributed by atoms with E-state index >= 15 is 0 Å². The van der Waals surface area contributed by atoms with Crippen molar-refractivity contribution in [3.63, 3.8) is 0 Å². The van der Waals surface area contributed by atoms with Gasteiger partial charge in [0, 0.05) is 0 Å². The maximum absolute atomic E-state index is 5.51. The minimum absolute atomic E-state index is 0.731. The number of benzene rings is 1. The first-order valence-corrected chi connectivity index (χ1v) is 6.68. The number of hydrogen-bond donors (Lipinski definition) is 0. The lowest BCUT2D eigenvalue weighted by Gasteiger charge is -2.11. The Balaban J connectivity index is 2.82. The van der Waals surface area contributed by atoms with E-state index in [9.17, 15) is 0 Å². The molecule has 82 valence electrons. The van der Waals surface area contributed by atoms with E-state index in [1.54, 1.807) is 7.11 Å². The van der Waals surface area contributed by atoms with Crippen molar-refractivity contribution in [2.45, 2.75) is 6.42 Å². The van der Waals surface area contributed by atoms with Gasteiger partial charge in [0.15, 0.2) is 5.75 Å². The van der Waals surface area contributed by atoms with Crippen LogP contribution in [0.5, 0.6) is 11.5 Å². The fraction of sp³-hybridized carbons (Fsp3) is 0.200. The van der Waals surface area contributed by atoms with E-state index in [0.717, 1.165) is 28.4 Å². The van der Waals surface area contributed by atoms with E-state index < -0.39 is 10.0 Å². The van der Waals surface area contributed by atoms with Crippen LogP contribution in [0.25, 0.3) is 0 Å². The fourth-order valence-corrected chi connectivity index (χ4v) is 2.08. The molecule has 0 heterocycles. The summed E-state index contributed by atoms with van der Waals surface area (Å²) in [5.74, 6) is 1.54. The zero-order valence-corrected chi connectivity index (χ0v) is 12.6. The van der Waals surface area contributed by atoms with Crippen molar-refractivity contribution in [1.29, 1.82) is 0 Å². The van der Waals surface area contributed by atoms with Gasteiger partial charge in [0.2, 0.25) is 0 Å². The molecule has 15 heavy (non-hydrogen) atoms. The van der Waals surface area contributed by atoms with Crippen LogP contribution in [0.1, 0.15) is 5.56 Å². The van der Waals surface area contributed by atoms with Crippen LogP contribution < -0.4 is 9.16 Å². The van der Waals surface area contributed by atoms with Crippen molar-refractivity contribution in [3.05, 3.63) is 36.4 Å². The topological polar surface area (TPSA) is 27.7 Å². The van der Waals surface area contributed by atoms with E-state index in [0.29, 0.717) is 0 Å². The minimum Gasteiger partial charge on any atom is -0.523 e. The average Bonchev–Trinajstić information content (AvgIpc) is 2.27. The fourth-order valence-electron chi connectivity index (χ4n) is 1.25. The molecule has 0 saturated carbocycles. The third-order valence-corrected chi connectivity index (χ3v) is 3.31. The summed E-state index contributed by atoms with van der Waals surface area (Å²) in [5, 5.41) is 0. The molecule has 1 aromatic carbocycles. The molecule has 0 saturated heterocycles. The van der Waals surface area contributed by atoms with Crippen molar-refractivity contribution >= 4 is 20.5 Å². The number of hydrogen-bond acceptors (Lipinski definition) is 3. The summed E-state index contributed by atoms with van der Waals surface area (Å²) in [6, 6.07) is 5.91. The lowest BCUT2D eigenvalue weighted by molar-refractivity contribution is 0.386. The van der Waals surface area contributed by atoms with Crippen LogP contribution in [0.15, 0.2) is 30.9 Å². The third-order valence-electron chi connectivity index (χ3n) is 1.94. The predicted molar refractivity (Wildman–Crippen MR) is 67.1 cm³/mol. The molecule has 0 aromatic heterocycles. The molecule has 0 N–H and O–H groups in total. The molecule has 0 aliphatic heterocycles. The molecule has 0 spiro atoms. The molecule has 0 radical (unpaired) electrons. The second-order valence-corrected chi connectivity index (χ2v) is 5.86. The molecule has 5 heteroatoms. The Morgan fingerprint density at radius 2 is 2.27 bits per heavy atom. The molecule has 0 aliphatic carbocycles.